The molecule has 21 heavy (non-hydrogen) atoms. The molecule has 2 N–H and O–H groups in total. The second-order valence-corrected chi connectivity index (χ2v) is 6.10. The van der Waals surface area contributed by atoms with Gasteiger partial charge in [0.15, 0.2) is 0 Å². The molecule has 0 aliphatic carbocycles. The molecule has 0 radical (unpaired) electrons. The maximum absolute atomic E-state index is 11.5. The fraction of sp³-hybridized carbons (Fsp3) is 0.333. The van der Waals surface area contributed by atoms with E-state index in [1.165, 1.54) is 18.3 Å². The fourth-order valence-corrected chi connectivity index (χ4v) is 2.83. The Morgan fingerprint density at radius 2 is 2.33 bits per heavy atom. The molecule has 0 saturated carbocycles. The molecule has 2 aromatic heterocycles. The van der Waals surface area contributed by atoms with Gasteiger partial charge in [0.05, 0.1) is 4.88 Å². The van der Waals surface area contributed by atoms with Gasteiger partial charge in [-0.2, -0.15) is 4.98 Å². The molecule has 0 saturated heterocycles. The molecular weight excluding hydrogens is 362 g/mol. The number of halogens is 1. The Kier molecular flexibility index (Phi) is 5.07. The molecule has 0 spiro atoms. The predicted molar refractivity (Wildman–Crippen MR) is 78.9 cm³/mol. The molecule has 0 unspecified atom stereocenters. The molecule has 2 rings (SSSR count). The van der Waals surface area contributed by atoms with Gasteiger partial charge in [0.2, 0.25) is 17.6 Å². The second kappa shape index (κ2) is 6.81. The van der Waals surface area contributed by atoms with Gasteiger partial charge in [0.25, 0.3) is 0 Å². The standard InChI is InChI=1S/C12H12BrN3O4S/c1-6(12(18)19)14-9(17)2-3-10-15-11(16-20-10)8-4-7(13)5-21-8/h4-6H,2-3H2,1H3,(H,14,17)(H,18,19)/t6-/m1/s1. The van der Waals surface area contributed by atoms with Crippen LogP contribution in [0, 0.1) is 0 Å². The van der Waals surface area contributed by atoms with Gasteiger partial charge in [-0.05, 0) is 28.9 Å². The third-order valence-electron chi connectivity index (χ3n) is 2.57. The molecule has 0 aliphatic rings. The van der Waals surface area contributed by atoms with Crippen LogP contribution in [0.25, 0.3) is 10.7 Å². The first kappa shape index (κ1) is 15.6. The van der Waals surface area contributed by atoms with Crippen molar-refractivity contribution in [1.29, 1.82) is 0 Å². The van der Waals surface area contributed by atoms with Gasteiger partial charge in [-0.1, -0.05) is 5.16 Å². The summed E-state index contributed by atoms with van der Waals surface area (Å²) in [4.78, 5) is 27.2. The first-order valence-corrected chi connectivity index (χ1v) is 7.72. The number of amides is 1. The van der Waals surface area contributed by atoms with E-state index >= 15 is 0 Å². The number of aromatic nitrogens is 2. The van der Waals surface area contributed by atoms with Gasteiger partial charge < -0.3 is 14.9 Å². The van der Waals surface area contributed by atoms with Crippen LogP contribution in [0.3, 0.4) is 0 Å². The van der Waals surface area contributed by atoms with Crippen molar-refractivity contribution in [3.05, 3.63) is 21.8 Å². The minimum atomic E-state index is -1.08. The molecular formula is C12H12BrN3O4S. The normalized spacial score (nSPS) is 12.1. The van der Waals surface area contributed by atoms with E-state index < -0.39 is 12.0 Å². The van der Waals surface area contributed by atoms with Gasteiger partial charge in [-0.15, -0.1) is 11.3 Å². The first-order chi connectivity index (χ1) is 9.95. The van der Waals surface area contributed by atoms with Crippen LogP contribution < -0.4 is 5.32 Å². The monoisotopic (exact) mass is 373 g/mol. The highest BCUT2D eigenvalue weighted by Gasteiger charge is 2.15. The van der Waals surface area contributed by atoms with E-state index in [-0.39, 0.29) is 18.7 Å². The van der Waals surface area contributed by atoms with Gasteiger partial charge in [0, 0.05) is 22.7 Å². The zero-order valence-corrected chi connectivity index (χ0v) is 13.4. The molecule has 1 amide bonds. The Bertz CT molecular complexity index is 654. The third-order valence-corrected chi connectivity index (χ3v) is 4.26. The average Bonchev–Trinajstić information content (AvgIpc) is 3.04. The molecule has 7 nitrogen and oxygen atoms in total. The molecule has 2 aromatic rings. The topological polar surface area (TPSA) is 105 Å². The van der Waals surface area contributed by atoms with E-state index in [4.69, 9.17) is 9.63 Å². The van der Waals surface area contributed by atoms with E-state index in [9.17, 15) is 9.59 Å². The van der Waals surface area contributed by atoms with Crippen LogP contribution in [0.4, 0.5) is 0 Å². The highest BCUT2D eigenvalue weighted by Crippen LogP contribution is 2.27. The number of rotatable bonds is 6. The zero-order chi connectivity index (χ0) is 15.4. The van der Waals surface area contributed by atoms with Gasteiger partial charge >= 0.3 is 5.97 Å². The highest BCUT2D eigenvalue weighted by molar-refractivity contribution is 9.10. The van der Waals surface area contributed by atoms with E-state index in [1.54, 1.807) is 0 Å². The Morgan fingerprint density at radius 3 is 2.95 bits per heavy atom. The number of carboxylic acids is 1. The lowest BCUT2D eigenvalue weighted by Crippen LogP contribution is -2.38. The van der Waals surface area contributed by atoms with Crippen LogP contribution in [-0.4, -0.2) is 33.2 Å². The van der Waals surface area contributed by atoms with Crippen LogP contribution in [-0.2, 0) is 16.0 Å². The summed E-state index contributed by atoms with van der Waals surface area (Å²) in [6.07, 6.45) is 0.352. The van der Waals surface area contributed by atoms with E-state index in [0.717, 1.165) is 9.35 Å². The first-order valence-electron chi connectivity index (χ1n) is 6.05. The van der Waals surface area contributed by atoms with Crippen LogP contribution in [0.5, 0.6) is 0 Å². The lowest BCUT2D eigenvalue weighted by Gasteiger charge is -2.07. The number of nitrogens with zero attached hydrogens (tertiary/aromatic N) is 2. The Hall–Kier alpha value is -1.74. The summed E-state index contributed by atoms with van der Waals surface area (Å²) in [7, 11) is 0. The summed E-state index contributed by atoms with van der Waals surface area (Å²) < 4.78 is 6.01. The van der Waals surface area contributed by atoms with Crippen molar-refractivity contribution in [3.63, 3.8) is 0 Å². The van der Waals surface area contributed by atoms with Crippen molar-refractivity contribution < 1.29 is 19.2 Å². The third kappa shape index (κ3) is 4.36. The van der Waals surface area contributed by atoms with E-state index in [0.29, 0.717) is 11.7 Å². The number of carbonyl (C=O) groups excluding carboxylic acids is 1. The van der Waals surface area contributed by atoms with Gasteiger partial charge in [-0.3, -0.25) is 9.59 Å². The van der Waals surface area contributed by atoms with E-state index in [1.807, 2.05) is 11.4 Å². The van der Waals surface area contributed by atoms with Crippen LogP contribution in [0.2, 0.25) is 0 Å². The molecule has 0 aliphatic heterocycles. The van der Waals surface area contributed by atoms with E-state index in [2.05, 4.69) is 31.4 Å². The minimum Gasteiger partial charge on any atom is -0.480 e. The number of carboxylic acid groups (broad SMARTS) is 1. The Morgan fingerprint density at radius 1 is 1.57 bits per heavy atom. The van der Waals surface area contributed by atoms with Crippen molar-refractivity contribution in [2.75, 3.05) is 0 Å². The number of nitrogens with one attached hydrogen (secondary N) is 1. The Labute approximate surface area is 132 Å². The van der Waals surface area contributed by atoms with Crippen molar-refractivity contribution in [1.82, 2.24) is 15.5 Å². The molecule has 2 heterocycles. The maximum atomic E-state index is 11.5. The Balaban J connectivity index is 1.88. The summed E-state index contributed by atoms with van der Waals surface area (Å²) in [5, 5.41) is 16.8. The van der Waals surface area contributed by atoms with Crippen LogP contribution >= 0.6 is 27.3 Å². The summed E-state index contributed by atoms with van der Waals surface area (Å²) >= 11 is 4.82. The van der Waals surface area contributed by atoms with Gasteiger partial charge in [0.1, 0.15) is 6.04 Å². The second-order valence-electron chi connectivity index (χ2n) is 4.27. The smallest absolute Gasteiger partial charge is 0.325 e. The number of thiophene rings is 1. The summed E-state index contributed by atoms with van der Waals surface area (Å²) in [5.74, 6) is -0.636. The fourth-order valence-electron chi connectivity index (χ4n) is 1.48. The number of aliphatic carboxylic acids is 1. The molecule has 0 bridgehead atoms. The largest absolute Gasteiger partial charge is 0.480 e. The number of hydrogen-bond donors (Lipinski definition) is 2. The predicted octanol–water partition coefficient (Wildman–Crippen LogP) is 2.08. The molecule has 1 atom stereocenters. The van der Waals surface area contributed by atoms with Gasteiger partial charge in [-0.25, -0.2) is 0 Å². The summed E-state index contributed by atoms with van der Waals surface area (Å²) in [5.41, 5.74) is 0. The van der Waals surface area contributed by atoms with Crippen LogP contribution in [0.15, 0.2) is 20.4 Å². The SMILES string of the molecule is C[C@@H](NC(=O)CCc1nc(-c2cc(Br)cs2)no1)C(=O)O. The molecule has 0 aromatic carbocycles. The van der Waals surface area contributed by atoms with Crippen molar-refractivity contribution in [3.8, 4) is 10.7 Å². The quantitative estimate of drug-likeness (QED) is 0.802. The van der Waals surface area contributed by atoms with Crippen molar-refractivity contribution >= 4 is 39.1 Å². The van der Waals surface area contributed by atoms with Crippen LogP contribution in [0.1, 0.15) is 19.2 Å². The number of hydrogen-bond acceptors (Lipinski definition) is 6. The number of aryl methyl sites for hydroxylation is 1. The maximum Gasteiger partial charge on any atom is 0.325 e. The molecule has 9 heteroatoms. The van der Waals surface area contributed by atoms with Crippen molar-refractivity contribution in [2.45, 2.75) is 25.8 Å². The summed E-state index contributed by atoms with van der Waals surface area (Å²) in [6, 6.07) is 0.958. The zero-order valence-electron chi connectivity index (χ0n) is 11.0. The average molecular weight is 374 g/mol. The summed E-state index contributed by atoms with van der Waals surface area (Å²) in [6.45, 7) is 1.40. The minimum absolute atomic E-state index is 0.0907. The van der Waals surface area contributed by atoms with Crippen molar-refractivity contribution in [2.24, 2.45) is 0 Å². The molecule has 112 valence electrons. The molecule has 0 fully saturated rings. The lowest BCUT2D eigenvalue weighted by molar-refractivity contribution is -0.141. The number of carbonyl (C=O) groups is 2. The lowest BCUT2D eigenvalue weighted by atomic mass is 10.2. The highest BCUT2D eigenvalue weighted by atomic mass is 79.9.